The van der Waals surface area contributed by atoms with Crippen molar-refractivity contribution >= 4 is 33.2 Å². The Labute approximate surface area is 123 Å². The van der Waals surface area contributed by atoms with Crippen molar-refractivity contribution in [1.82, 2.24) is 0 Å². The van der Waals surface area contributed by atoms with Crippen molar-refractivity contribution in [3.05, 3.63) is 22.7 Å². The highest BCUT2D eigenvalue weighted by Crippen LogP contribution is 2.32. The third-order valence-electron chi connectivity index (χ3n) is 4.05. The van der Waals surface area contributed by atoms with E-state index in [1.165, 1.54) is 0 Å². The number of carbonyl (C=O) groups excluding carboxylic acids is 1. The lowest BCUT2D eigenvalue weighted by molar-refractivity contribution is -0.123. The maximum Gasteiger partial charge on any atom is 0.229 e. The molecule has 0 heterocycles. The number of hydrogen-bond acceptors (Lipinski definition) is 2. The summed E-state index contributed by atoms with van der Waals surface area (Å²) in [6.07, 6.45) is 4.31. The molecule has 19 heavy (non-hydrogen) atoms. The van der Waals surface area contributed by atoms with Crippen LogP contribution in [0.2, 0.25) is 0 Å². The van der Waals surface area contributed by atoms with Gasteiger partial charge in [0.2, 0.25) is 5.91 Å². The first-order valence-corrected chi connectivity index (χ1v) is 7.61. The van der Waals surface area contributed by atoms with Gasteiger partial charge in [-0.15, -0.1) is 0 Å². The van der Waals surface area contributed by atoms with Crippen LogP contribution in [0.4, 0.5) is 11.4 Å². The van der Waals surface area contributed by atoms with Crippen LogP contribution in [-0.2, 0) is 4.79 Å². The third kappa shape index (κ3) is 3.30. The summed E-state index contributed by atoms with van der Waals surface area (Å²) in [5.41, 5.74) is 7.42. The number of anilines is 2. The summed E-state index contributed by atoms with van der Waals surface area (Å²) in [4.78, 5) is 14.2. The molecule has 1 aliphatic rings. The van der Waals surface area contributed by atoms with Gasteiger partial charge in [-0.3, -0.25) is 4.79 Å². The SMILES string of the molecule is CC1CCC(C(=O)N(C)c2ccc(Br)cc2N)CC1. The minimum atomic E-state index is 0.157. The van der Waals surface area contributed by atoms with E-state index in [4.69, 9.17) is 5.73 Å². The Hall–Kier alpha value is -1.03. The quantitative estimate of drug-likeness (QED) is 0.840. The molecule has 1 aliphatic carbocycles. The van der Waals surface area contributed by atoms with Crippen molar-refractivity contribution in [2.24, 2.45) is 11.8 Å². The smallest absolute Gasteiger partial charge is 0.229 e. The van der Waals surface area contributed by atoms with Crippen LogP contribution in [0.3, 0.4) is 0 Å². The summed E-state index contributed by atoms with van der Waals surface area (Å²) in [5.74, 6) is 1.11. The van der Waals surface area contributed by atoms with E-state index >= 15 is 0 Å². The predicted molar refractivity (Wildman–Crippen MR) is 83.1 cm³/mol. The highest BCUT2D eigenvalue weighted by Gasteiger charge is 2.27. The van der Waals surface area contributed by atoms with E-state index in [1.54, 1.807) is 4.90 Å². The van der Waals surface area contributed by atoms with Gasteiger partial charge in [-0.1, -0.05) is 22.9 Å². The fraction of sp³-hybridized carbons (Fsp3) is 0.533. The van der Waals surface area contributed by atoms with Gasteiger partial charge in [-0.25, -0.2) is 0 Å². The number of carbonyl (C=O) groups is 1. The number of rotatable bonds is 2. The first-order valence-electron chi connectivity index (χ1n) is 6.81. The first kappa shape index (κ1) is 14.4. The average Bonchev–Trinajstić information content (AvgIpc) is 2.38. The van der Waals surface area contributed by atoms with Crippen molar-refractivity contribution in [1.29, 1.82) is 0 Å². The summed E-state index contributed by atoms with van der Waals surface area (Å²) < 4.78 is 0.932. The van der Waals surface area contributed by atoms with Crippen LogP contribution < -0.4 is 10.6 Å². The van der Waals surface area contributed by atoms with Crippen LogP contribution in [0.1, 0.15) is 32.6 Å². The van der Waals surface area contributed by atoms with E-state index in [-0.39, 0.29) is 11.8 Å². The molecule has 0 radical (unpaired) electrons. The van der Waals surface area contributed by atoms with E-state index in [9.17, 15) is 4.79 Å². The molecule has 104 valence electrons. The van der Waals surface area contributed by atoms with Crippen LogP contribution in [0, 0.1) is 11.8 Å². The number of nitrogens with zero attached hydrogens (tertiary/aromatic N) is 1. The fourth-order valence-electron chi connectivity index (χ4n) is 2.73. The van der Waals surface area contributed by atoms with E-state index in [0.717, 1.165) is 41.8 Å². The monoisotopic (exact) mass is 324 g/mol. The number of halogens is 1. The number of amides is 1. The van der Waals surface area contributed by atoms with Crippen molar-refractivity contribution in [2.45, 2.75) is 32.6 Å². The summed E-state index contributed by atoms with van der Waals surface area (Å²) in [6, 6.07) is 5.64. The zero-order chi connectivity index (χ0) is 14.0. The second-order valence-electron chi connectivity index (χ2n) is 5.56. The molecule has 0 unspecified atom stereocenters. The van der Waals surface area contributed by atoms with Crippen molar-refractivity contribution in [2.75, 3.05) is 17.7 Å². The van der Waals surface area contributed by atoms with Crippen LogP contribution in [-0.4, -0.2) is 13.0 Å². The Kier molecular flexibility index (Phi) is 4.50. The largest absolute Gasteiger partial charge is 0.397 e. The molecule has 2 N–H and O–H groups in total. The molecule has 0 aromatic heterocycles. The average molecular weight is 325 g/mol. The van der Waals surface area contributed by atoms with Gasteiger partial charge in [-0.05, 0) is 49.8 Å². The molecule has 1 amide bonds. The molecular weight excluding hydrogens is 304 g/mol. The Bertz CT molecular complexity index is 467. The molecule has 1 aromatic rings. The summed E-state index contributed by atoms with van der Waals surface area (Å²) in [7, 11) is 1.82. The van der Waals surface area contributed by atoms with Crippen LogP contribution in [0.15, 0.2) is 22.7 Å². The lowest BCUT2D eigenvalue weighted by atomic mass is 9.82. The van der Waals surface area contributed by atoms with Crippen LogP contribution >= 0.6 is 15.9 Å². The molecular formula is C15H21BrN2O. The second kappa shape index (κ2) is 5.95. The Morgan fingerprint density at radius 2 is 1.95 bits per heavy atom. The molecule has 1 fully saturated rings. The molecule has 1 saturated carbocycles. The van der Waals surface area contributed by atoms with Crippen LogP contribution in [0.5, 0.6) is 0 Å². The molecule has 0 bridgehead atoms. The number of hydrogen-bond donors (Lipinski definition) is 1. The minimum absolute atomic E-state index is 0.157. The fourth-order valence-corrected chi connectivity index (χ4v) is 3.11. The van der Waals surface area contributed by atoms with Crippen molar-refractivity contribution in [3.8, 4) is 0 Å². The van der Waals surface area contributed by atoms with E-state index < -0.39 is 0 Å². The van der Waals surface area contributed by atoms with Gasteiger partial charge < -0.3 is 10.6 Å². The Morgan fingerprint density at radius 1 is 1.32 bits per heavy atom. The standard InChI is InChI=1S/C15H21BrN2O/c1-10-3-5-11(6-4-10)15(19)18(2)14-8-7-12(16)9-13(14)17/h7-11H,3-6,17H2,1-2H3. The van der Waals surface area contributed by atoms with Gasteiger partial charge in [0, 0.05) is 17.4 Å². The maximum absolute atomic E-state index is 12.5. The maximum atomic E-state index is 12.5. The Balaban J connectivity index is 2.10. The molecule has 1 aromatic carbocycles. The molecule has 2 rings (SSSR count). The normalized spacial score (nSPS) is 23.1. The van der Waals surface area contributed by atoms with Crippen LogP contribution in [0.25, 0.3) is 0 Å². The van der Waals surface area contributed by atoms with E-state index in [1.807, 2.05) is 25.2 Å². The van der Waals surface area contributed by atoms with Gasteiger partial charge in [0.05, 0.1) is 11.4 Å². The number of nitrogens with two attached hydrogens (primary N) is 1. The molecule has 0 spiro atoms. The van der Waals surface area contributed by atoms with Gasteiger partial charge in [0.25, 0.3) is 0 Å². The van der Waals surface area contributed by atoms with Gasteiger partial charge >= 0.3 is 0 Å². The zero-order valence-corrected chi connectivity index (χ0v) is 13.1. The number of benzene rings is 1. The summed E-state index contributed by atoms with van der Waals surface area (Å²) in [5, 5.41) is 0. The van der Waals surface area contributed by atoms with Gasteiger partial charge in [0.15, 0.2) is 0 Å². The first-order chi connectivity index (χ1) is 8.99. The lowest BCUT2D eigenvalue weighted by Crippen LogP contribution is -2.35. The van der Waals surface area contributed by atoms with E-state index in [0.29, 0.717) is 5.69 Å². The van der Waals surface area contributed by atoms with E-state index in [2.05, 4.69) is 22.9 Å². The predicted octanol–water partition coefficient (Wildman–Crippen LogP) is 3.82. The summed E-state index contributed by atoms with van der Waals surface area (Å²) >= 11 is 3.38. The molecule has 0 aliphatic heterocycles. The van der Waals surface area contributed by atoms with Crippen molar-refractivity contribution in [3.63, 3.8) is 0 Å². The zero-order valence-electron chi connectivity index (χ0n) is 11.5. The van der Waals surface area contributed by atoms with Gasteiger partial charge in [-0.2, -0.15) is 0 Å². The topological polar surface area (TPSA) is 46.3 Å². The highest BCUT2D eigenvalue weighted by molar-refractivity contribution is 9.10. The minimum Gasteiger partial charge on any atom is -0.397 e. The molecule has 3 nitrogen and oxygen atoms in total. The van der Waals surface area contributed by atoms with Crippen molar-refractivity contribution < 1.29 is 4.79 Å². The molecule has 0 atom stereocenters. The molecule has 0 saturated heterocycles. The summed E-state index contributed by atoms with van der Waals surface area (Å²) in [6.45, 7) is 2.26. The van der Waals surface area contributed by atoms with Gasteiger partial charge in [0.1, 0.15) is 0 Å². The molecule has 4 heteroatoms. The highest BCUT2D eigenvalue weighted by atomic mass is 79.9. The third-order valence-corrected chi connectivity index (χ3v) is 4.54. The Morgan fingerprint density at radius 3 is 2.53 bits per heavy atom. The number of nitrogen functional groups attached to an aromatic ring is 1. The lowest BCUT2D eigenvalue weighted by Gasteiger charge is -2.29. The second-order valence-corrected chi connectivity index (χ2v) is 6.47.